The van der Waals surface area contributed by atoms with Crippen molar-refractivity contribution in [2.24, 2.45) is 0 Å². The fourth-order valence-corrected chi connectivity index (χ4v) is 3.40. The number of ketones is 1. The molecule has 0 aliphatic carbocycles. The number of Topliss-reactive ketones (excluding diaryl/α,β-unsaturated/α-hetero) is 1. The van der Waals surface area contributed by atoms with E-state index in [1.165, 1.54) is 0 Å². The third kappa shape index (κ3) is 3.49. The fraction of sp³-hybridized carbons (Fsp3) is 0.0435. The van der Waals surface area contributed by atoms with E-state index in [9.17, 15) is 9.59 Å². The standard InChI is InChI=1S/C23H17BrN2O2/c1-15-5-7-16(8-6-15)20-14-19-4-2-3-13-26(19)21(20)22(27)23(28)25-18-11-9-17(24)10-12-18/h2-14H,1H3,(H,25,28). The van der Waals surface area contributed by atoms with Crippen LogP contribution in [-0.4, -0.2) is 16.1 Å². The first-order valence-electron chi connectivity index (χ1n) is 8.81. The Labute approximate surface area is 170 Å². The first-order chi connectivity index (χ1) is 13.5. The summed E-state index contributed by atoms with van der Waals surface area (Å²) in [6, 6.07) is 22.6. The summed E-state index contributed by atoms with van der Waals surface area (Å²) >= 11 is 3.36. The van der Waals surface area contributed by atoms with Gasteiger partial charge in [-0.05, 0) is 55.0 Å². The molecule has 4 rings (SSSR count). The van der Waals surface area contributed by atoms with Crippen molar-refractivity contribution in [2.45, 2.75) is 6.92 Å². The summed E-state index contributed by atoms with van der Waals surface area (Å²) in [6.45, 7) is 2.01. The van der Waals surface area contributed by atoms with Crippen LogP contribution in [0.15, 0.2) is 83.5 Å². The molecule has 138 valence electrons. The number of nitrogens with zero attached hydrogens (tertiary/aromatic N) is 1. The number of benzene rings is 2. The number of aryl methyl sites for hydroxylation is 1. The van der Waals surface area contributed by atoms with Crippen molar-refractivity contribution in [2.75, 3.05) is 5.32 Å². The van der Waals surface area contributed by atoms with E-state index in [0.29, 0.717) is 11.4 Å². The number of halogens is 1. The molecule has 1 N–H and O–H groups in total. The normalized spacial score (nSPS) is 10.8. The van der Waals surface area contributed by atoms with Crippen LogP contribution in [0.3, 0.4) is 0 Å². The van der Waals surface area contributed by atoms with Crippen LogP contribution in [0.25, 0.3) is 16.6 Å². The molecule has 0 spiro atoms. The summed E-state index contributed by atoms with van der Waals surface area (Å²) < 4.78 is 2.66. The van der Waals surface area contributed by atoms with E-state index in [4.69, 9.17) is 0 Å². The van der Waals surface area contributed by atoms with Crippen LogP contribution in [0.4, 0.5) is 5.69 Å². The van der Waals surface area contributed by atoms with Gasteiger partial charge in [0, 0.05) is 27.4 Å². The second kappa shape index (κ2) is 7.44. The fourth-order valence-electron chi connectivity index (χ4n) is 3.14. The number of pyridine rings is 1. The number of hydrogen-bond donors (Lipinski definition) is 1. The topological polar surface area (TPSA) is 50.6 Å². The first-order valence-corrected chi connectivity index (χ1v) is 9.60. The van der Waals surface area contributed by atoms with Crippen LogP contribution >= 0.6 is 15.9 Å². The highest BCUT2D eigenvalue weighted by Crippen LogP contribution is 2.29. The molecule has 1 amide bonds. The van der Waals surface area contributed by atoms with Crippen molar-refractivity contribution in [1.82, 2.24) is 4.40 Å². The molecule has 0 bridgehead atoms. The summed E-state index contributed by atoms with van der Waals surface area (Å²) in [5.74, 6) is -1.25. The van der Waals surface area contributed by atoms with E-state index in [2.05, 4.69) is 21.2 Å². The lowest BCUT2D eigenvalue weighted by Gasteiger charge is -2.08. The van der Waals surface area contributed by atoms with Gasteiger partial charge in [-0.15, -0.1) is 0 Å². The summed E-state index contributed by atoms with van der Waals surface area (Å²) in [5.41, 5.74) is 4.55. The molecule has 0 saturated heterocycles. The van der Waals surface area contributed by atoms with Crippen molar-refractivity contribution < 1.29 is 9.59 Å². The van der Waals surface area contributed by atoms with Gasteiger partial charge >= 0.3 is 0 Å². The van der Waals surface area contributed by atoms with E-state index >= 15 is 0 Å². The van der Waals surface area contributed by atoms with Gasteiger partial charge in [0.1, 0.15) is 5.69 Å². The van der Waals surface area contributed by atoms with Crippen molar-refractivity contribution in [3.63, 3.8) is 0 Å². The minimum absolute atomic E-state index is 0.356. The number of nitrogens with one attached hydrogen (secondary N) is 1. The maximum Gasteiger partial charge on any atom is 0.298 e. The highest BCUT2D eigenvalue weighted by atomic mass is 79.9. The second-order valence-electron chi connectivity index (χ2n) is 6.56. The van der Waals surface area contributed by atoms with Crippen molar-refractivity contribution in [1.29, 1.82) is 0 Å². The van der Waals surface area contributed by atoms with Gasteiger partial charge in [-0.3, -0.25) is 9.59 Å². The van der Waals surface area contributed by atoms with Gasteiger partial charge in [-0.2, -0.15) is 0 Å². The molecule has 0 aliphatic heterocycles. The van der Waals surface area contributed by atoms with E-state index in [-0.39, 0.29) is 0 Å². The number of rotatable bonds is 4. The molecular weight excluding hydrogens is 416 g/mol. The molecule has 2 aromatic carbocycles. The Bertz CT molecular complexity index is 1180. The molecule has 0 saturated carbocycles. The van der Waals surface area contributed by atoms with E-state index in [0.717, 1.165) is 26.7 Å². The maximum atomic E-state index is 13.1. The largest absolute Gasteiger partial charge is 0.319 e. The number of fused-ring (bicyclic) bond motifs is 1. The lowest BCUT2D eigenvalue weighted by atomic mass is 10.0. The van der Waals surface area contributed by atoms with Crippen molar-refractivity contribution in [3.8, 4) is 11.1 Å². The Kier molecular flexibility index (Phi) is 4.84. The molecule has 0 atom stereocenters. The highest BCUT2D eigenvalue weighted by molar-refractivity contribution is 9.10. The molecule has 0 aliphatic rings. The van der Waals surface area contributed by atoms with Gasteiger partial charge in [0.05, 0.1) is 0 Å². The van der Waals surface area contributed by atoms with E-state index in [1.807, 2.05) is 67.6 Å². The number of amides is 1. The van der Waals surface area contributed by atoms with Crippen LogP contribution < -0.4 is 5.32 Å². The van der Waals surface area contributed by atoms with Crippen LogP contribution in [0.1, 0.15) is 16.1 Å². The van der Waals surface area contributed by atoms with E-state index in [1.54, 1.807) is 22.7 Å². The zero-order chi connectivity index (χ0) is 19.7. The van der Waals surface area contributed by atoms with E-state index < -0.39 is 11.7 Å². The molecule has 5 heteroatoms. The van der Waals surface area contributed by atoms with Gasteiger partial charge in [0.25, 0.3) is 11.7 Å². The summed E-state index contributed by atoms with van der Waals surface area (Å²) in [6.07, 6.45) is 1.80. The van der Waals surface area contributed by atoms with Crippen molar-refractivity contribution in [3.05, 3.63) is 94.7 Å². The Morgan fingerprint density at radius 1 is 0.929 bits per heavy atom. The SMILES string of the molecule is Cc1ccc(-c2cc3ccccn3c2C(=O)C(=O)Nc2ccc(Br)cc2)cc1. The first kappa shape index (κ1) is 18.2. The van der Waals surface area contributed by atoms with Gasteiger partial charge in [0.2, 0.25) is 0 Å². The van der Waals surface area contributed by atoms with Gasteiger partial charge in [-0.25, -0.2) is 0 Å². The Balaban J connectivity index is 1.76. The lowest BCUT2D eigenvalue weighted by molar-refractivity contribution is -0.112. The van der Waals surface area contributed by atoms with Crippen LogP contribution in [-0.2, 0) is 4.79 Å². The van der Waals surface area contributed by atoms with Crippen LogP contribution in [0, 0.1) is 6.92 Å². The average Bonchev–Trinajstić information content (AvgIpc) is 3.09. The quantitative estimate of drug-likeness (QED) is 0.341. The second-order valence-corrected chi connectivity index (χ2v) is 7.47. The number of hydrogen-bond acceptors (Lipinski definition) is 2. The molecular formula is C23H17BrN2O2. The predicted octanol–water partition coefficient (Wildman–Crippen LogP) is 5.50. The number of carbonyl (C=O) groups is 2. The molecule has 0 fully saturated rings. The Hall–Kier alpha value is -3.18. The third-order valence-electron chi connectivity index (χ3n) is 4.57. The zero-order valence-electron chi connectivity index (χ0n) is 15.1. The Morgan fingerprint density at radius 2 is 1.64 bits per heavy atom. The predicted molar refractivity (Wildman–Crippen MR) is 115 cm³/mol. The maximum absolute atomic E-state index is 13.1. The molecule has 0 radical (unpaired) electrons. The average molecular weight is 433 g/mol. The molecule has 0 unspecified atom stereocenters. The molecule has 28 heavy (non-hydrogen) atoms. The molecule has 4 nitrogen and oxygen atoms in total. The minimum Gasteiger partial charge on any atom is -0.319 e. The number of aromatic nitrogens is 1. The summed E-state index contributed by atoms with van der Waals surface area (Å²) in [7, 11) is 0. The summed E-state index contributed by atoms with van der Waals surface area (Å²) in [4.78, 5) is 25.8. The van der Waals surface area contributed by atoms with Gasteiger partial charge < -0.3 is 9.72 Å². The highest BCUT2D eigenvalue weighted by Gasteiger charge is 2.24. The Morgan fingerprint density at radius 3 is 2.36 bits per heavy atom. The lowest BCUT2D eigenvalue weighted by Crippen LogP contribution is -2.24. The molecule has 4 aromatic rings. The molecule has 2 aromatic heterocycles. The minimum atomic E-state index is -0.667. The molecule has 2 heterocycles. The number of carbonyl (C=O) groups excluding carboxylic acids is 2. The number of anilines is 1. The van der Waals surface area contributed by atoms with Crippen LogP contribution in [0.5, 0.6) is 0 Å². The van der Waals surface area contributed by atoms with Crippen LogP contribution in [0.2, 0.25) is 0 Å². The third-order valence-corrected chi connectivity index (χ3v) is 5.09. The summed E-state index contributed by atoms with van der Waals surface area (Å²) in [5, 5.41) is 2.69. The zero-order valence-corrected chi connectivity index (χ0v) is 16.7. The van der Waals surface area contributed by atoms with Gasteiger partial charge in [0.15, 0.2) is 0 Å². The monoisotopic (exact) mass is 432 g/mol. The van der Waals surface area contributed by atoms with Gasteiger partial charge in [-0.1, -0.05) is 51.8 Å². The smallest absolute Gasteiger partial charge is 0.298 e. The van der Waals surface area contributed by atoms with Crippen molar-refractivity contribution >= 4 is 38.8 Å².